The van der Waals surface area contributed by atoms with Crippen molar-refractivity contribution in [1.82, 2.24) is 5.32 Å². The number of carbonyl (C=O) groups is 2. The molecule has 0 aromatic heterocycles. The summed E-state index contributed by atoms with van der Waals surface area (Å²) in [5.74, 6) is 0.0534. The van der Waals surface area contributed by atoms with Gasteiger partial charge in [-0.3, -0.25) is 15.0 Å². The van der Waals surface area contributed by atoms with E-state index in [-0.39, 0.29) is 29.7 Å². The first kappa shape index (κ1) is 21.4. The highest BCUT2D eigenvalue weighted by Gasteiger charge is 2.28. The van der Waals surface area contributed by atoms with Gasteiger partial charge in [-0.1, -0.05) is 30.3 Å². The van der Waals surface area contributed by atoms with Crippen LogP contribution in [0, 0.1) is 11.3 Å². The third-order valence-corrected chi connectivity index (χ3v) is 5.57. The Morgan fingerprint density at radius 3 is 2.20 bits per heavy atom. The summed E-state index contributed by atoms with van der Waals surface area (Å²) in [6.45, 7) is 0. The summed E-state index contributed by atoms with van der Waals surface area (Å²) < 4.78 is 10.2. The molecule has 2 aromatic rings. The molecule has 0 aliphatic heterocycles. The third kappa shape index (κ3) is 4.79. The number of ether oxygens (including phenoxy) is 2. The summed E-state index contributed by atoms with van der Waals surface area (Å²) in [5, 5.41) is 10.6. The topological polar surface area (TPSA) is 114 Å². The number of methoxy groups -OCH3 is 2. The summed E-state index contributed by atoms with van der Waals surface area (Å²) in [6, 6.07) is 12.8. The number of amides is 1. The molecule has 0 atom stereocenters. The van der Waals surface area contributed by atoms with Crippen LogP contribution >= 0.6 is 0 Å². The summed E-state index contributed by atoms with van der Waals surface area (Å²) in [5.41, 5.74) is 8.40. The van der Waals surface area contributed by atoms with Gasteiger partial charge < -0.3 is 20.5 Å². The second-order valence-corrected chi connectivity index (χ2v) is 7.45. The van der Waals surface area contributed by atoms with Crippen LogP contribution in [0.4, 0.5) is 0 Å². The Balaban J connectivity index is 1.74. The molecule has 1 amide bonds. The van der Waals surface area contributed by atoms with Crippen molar-refractivity contribution < 1.29 is 19.1 Å². The molecule has 30 heavy (non-hydrogen) atoms. The van der Waals surface area contributed by atoms with E-state index in [9.17, 15) is 9.59 Å². The quantitative estimate of drug-likeness (QED) is 0.385. The second kappa shape index (κ2) is 9.43. The molecular weight excluding hydrogens is 382 g/mol. The Morgan fingerprint density at radius 1 is 1.00 bits per heavy atom. The summed E-state index contributed by atoms with van der Waals surface area (Å²) >= 11 is 0. The molecule has 1 aliphatic rings. The second-order valence-electron chi connectivity index (χ2n) is 7.45. The molecule has 1 aliphatic carbocycles. The first-order valence-corrected chi connectivity index (χ1v) is 9.94. The van der Waals surface area contributed by atoms with E-state index in [1.807, 2.05) is 18.2 Å². The molecular formula is C23H27N3O4. The van der Waals surface area contributed by atoms with Crippen LogP contribution in [0.15, 0.2) is 42.5 Å². The zero-order valence-corrected chi connectivity index (χ0v) is 17.2. The lowest BCUT2D eigenvalue weighted by Crippen LogP contribution is -2.39. The van der Waals surface area contributed by atoms with E-state index in [1.165, 1.54) is 14.2 Å². The fourth-order valence-electron chi connectivity index (χ4n) is 3.81. The molecule has 0 unspecified atom stereocenters. The largest absolute Gasteiger partial charge is 0.496 e. The molecule has 1 fully saturated rings. The fraction of sp³-hybridized carbons (Fsp3) is 0.348. The number of amidine groups is 1. The Bertz CT molecular complexity index is 932. The van der Waals surface area contributed by atoms with E-state index in [0.717, 1.165) is 24.0 Å². The number of carbonyl (C=O) groups excluding carboxylic acids is 2. The van der Waals surface area contributed by atoms with E-state index in [0.29, 0.717) is 29.7 Å². The molecule has 3 rings (SSSR count). The van der Waals surface area contributed by atoms with Crippen molar-refractivity contribution in [3.63, 3.8) is 0 Å². The molecule has 7 nitrogen and oxygen atoms in total. The monoisotopic (exact) mass is 409 g/mol. The maximum absolute atomic E-state index is 13.0. The molecule has 1 saturated carbocycles. The highest BCUT2D eigenvalue weighted by atomic mass is 16.5. The first-order chi connectivity index (χ1) is 14.4. The number of hydrogen-bond acceptors (Lipinski definition) is 5. The minimum atomic E-state index is -0.199. The van der Waals surface area contributed by atoms with Crippen molar-refractivity contribution in [2.24, 2.45) is 11.7 Å². The smallest absolute Gasteiger partial charge is 0.308 e. The van der Waals surface area contributed by atoms with Gasteiger partial charge in [0, 0.05) is 11.6 Å². The van der Waals surface area contributed by atoms with E-state index in [4.69, 9.17) is 20.6 Å². The van der Waals surface area contributed by atoms with Crippen LogP contribution in [0.25, 0.3) is 11.1 Å². The maximum Gasteiger partial charge on any atom is 0.308 e. The van der Waals surface area contributed by atoms with E-state index < -0.39 is 0 Å². The van der Waals surface area contributed by atoms with Crippen molar-refractivity contribution >= 4 is 17.7 Å². The number of esters is 1. The van der Waals surface area contributed by atoms with Crippen LogP contribution in [0.3, 0.4) is 0 Å². The molecule has 0 spiro atoms. The molecule has 0 saturated heterocycles. The number of nitrogen functional groups attached to an aromatic ring is 1. The highest BCUT2D eigenvalue weighted by Crippen LogP contribution is 2.29. The molecule has 2 aromatic carbocycles. The van der Waals surface area contributed by atoms with Crippen LogP contribution in [-0.4, -0.2) is 38.0 Å². The first-order valence-electron chi connectivity index (χ1n) is 9.94. The Labute approximate surface area is 176 Å². The number of nitrogens with two attached hydrogens (primary N) is 1. The number of hydrogen-bond donors (Lipinski definition) is 3. The van der Waals surface area contributed by atoms with Crippen molar-refractivity contribution in [1.29, 1.82) is 5.41 Å². The molecule has 4 N–H and O–H groups in total. The van der Waals surface area contributed by atoms with Crippen LogP contribution < -0.4 is 15.8 Å². The minimum absolute atomic E-state index is 0.0123. The van der Waals surface area contributed by atoms with Crippen LogP contribution in [0.1, 0.15) is 41.6 Å². The van der Waals surface area contributed by atoms with Crippen molar-refractivity contribution in [2.75, 3.05) is 14.2 Å². The summed E-state index contributed by atoms with van der Waals surface area (Å²) in [6.07, 6.45) is 2.88. The van der Waals surface area contributed by atoms with Gasteiger partial charge in [-0.15, -0.1) is 0 Å². The van der Waals surface area contributed by atoms with Crippen LogP contribution in [0.5, 0.6) is 5.75 Å². The van der Waals surface area contributed by atoms with Gasteiger partial charge in [0.05, 0.1) is 25.7 Å². The zero-order chi connectivity index (χ0) is 21.7. The number of benzene rings is 2. The van der Waals surface area contributed by atoms with Gasteiger partial charge in [-0.05, 0) is 48.9 Å². The summed E-state index contributed by atoms with van der Waals surface area (Å²) in [4.78, 5) is 24.7. The van der Waals surface area contributed by atoms with Gasteiger partial charge in [0.2, 0.25) is 0 Å². The average Bonchev–Trinajstić information content (AvgIpc) is 2.78. The Hall–Kier alpha value is -3.35. The zero-order valence-electron chi connectivity index (χ0n) is 17.2. The van der Waals surface area contributed by atoms with E-state index in [2.05, 4.69) is 5.32 Å². The molecule has 0 radical (unpaired) electrons. The lowest BCUT2D eigenvalue weighted by molar-refractivity contribution is -0.146. The van der Waals surface area contributed by atoms with Crippen molar-refractivity contribution in [3.05, 3.63) is 53.6 Å². The summed E-state index contributed by atoms with van der Waals surface area (Å²) in [7, 11) is 2.94. The minimum Gasteiger partial charge on any atom is -0.496 e. The van der Waals surface area contributed by atoms with Crippen LogP contribution in [-0.2, 0) is 9.53 Å². The SMILES string of the molecule is COC(=O)C1CCC(NC(=O)c2cc(-c3ccc(C(=N)N)cc3)ccc2OC)CC1. The fourth-order valence-corrected chi connectivity index (χ4v) is 3.81. The van der Waals surface area contributed by atoms with Gasteiger partial charge >= 0.3 is 5.97 Å². The highest BCUT2D eigenvalue weighted by molar-refractivity contribution is 5.99. The normalized spacial score (nSPS) is 18.3. The Kier molecular flexibility index (Phi) is 6.72. The molecule has 158 valence electrons. The van der Waals surface area contributed by atoms with Gasteiger partial charge in [0.25, 0.3) is 5.91 Å². The number of rotatable bonds is 6. The van der Waals surface area contributed by atoms with E-state index >= 15 is 0 Å². The van der Waals surface area contributed by atoms with Gasteiger partial charge in [-0.2, -0.15) is 0 Å². The lowest BCUT2D eigenvalue weighted by atomic mass is 9.86. The van der Waals surface area contributed by atoms with E-state index in [1.54, 1.807) is 24.3 Å². The van der Waals surface area contributed by atoms with Crippen LogP contribution in [0.2, 0.25) is 0 Å². The molecule has 7 heteroatoms. The lowest BCUT2D eigenvalue weighted by Gasteiger charge is -2.27. The standard InChI is InChI=1S/C23H27N3O4/c1-29-20-12-9-17(14-3-5-15(6-4-14)21(24)25)13-19(20)22(27)26-18-10-7-16(8-11-18)23(28)30-2/h3-6,9,12-13,16,18H,7-8,10-11H2,1-2H3,(H3,24,25)(H,26,27). The van der Waals surface area contributed by atoms with Gasteiger partial charge in [-0.25, -0.2) is 0 Å². The van der Waals surface area contributed by atoms with Gasteiger partial charge in [0.1, 0.15) is 11.6 Å². The Morgan fingerprint density at radius 2 is 1.63 bits per heavy atom. The average molecular weight is 409 g/mol. The predicted molar refractivity (Wildman–Crippen MR) is 115 cm³/mol. The van der Waals surface area contributed by atoms with Crippen molar-refractivity contribution in [2.45, 2.75) is 31.7 Å². The molecule has 0 heterocycles. The number of nitrogens with one attached hydrogen (secondary N) is 2. The van der Waals surface area contributed by atoms with Crippen molar-refractivity contribution in [3.8, 4) is 16.9 Å². The third-order valence-electron chi connectivity index (χ3n) is 5.57. The molecule has 0 bridgehead atoms. The maximum atomic E-state index is 13.0. The predicted octanol–water partition coefficient (Wildman–Crippen LogP) is 3.11. The van der Waals surface area contributed by atoms with Gasteiger partial charge in [0.15, 0.2) is 0 Å².